The van der Waals surface area contributed by atoms with E-state index in [1.807, 2.05) is 6.92 Å². The SMILES string of the molecule is CCCCOC(=O)c1c(N)cccc1F. The van der Waals surface area contributed by atoms with Crippen molar-refractivity contribution in [3.8, 4) is 0 Å². The van der Waals surface area contributed by atoms with Gasteiger partial charge in [0, 0.05) is 5.69 Å². The minimum absolute atomic E-state index is 0.108. The second-order valence-electron chi connectivity index (χ2n) is 3.19. The smallest absolute Gasteiger partial charge is 0.343 e. The van der Waals surface area contributed by atoms with Crippen molar-refractivity contribution >= 4 is 11.7 Å². The van der Waals surface area contributed by atoms with Gasteiger partial charge in [0.25, 0.3) is 0 Å². The van der Waals surface area contributed by atoms with E-state index < -0.39 is 11.8 Å². The molecule has 0 bridgehead atoms. The largest absolute Gasteiger partial charge is 0.462 e. The number of ether oxygens (including phenoxy) is 1. The maximum atomic E-state index is 13.2. The van der Waals surface area contributed by atoms with E-state index in [2.05, 4.69) is 0 Å². The first-order valence-electron chi connectivity index (χ1n) is 4.88. The number of unbranched alkanes of at least 4 members (excludes halogenated alkanes) is 1. The fourth-order valence-corrected chi connectivity index (χ4v) is 1.14. The lowest BCUT2D eigenvalue weighted by Gasteiger charge is -2.06. The van der Waals surface area contributed by atoms with Gasteiger partial charge in [0.2, 0.25) is 0 Å². The van der Waals surface area contributed by atoms with Gasteiger partial charge in [-0.05, 0) is 18.6 Å². The molecule has 4 heteroatoms. The molecule has 0 atom stereocenters. The summed E-state index contributed by atoms with van der Waals surface area (Å²) in [6.45, 7) is 2.27. The standard InChI is InChI=1S/C11H14FNO2/c1-2-3-7-15-11(14)10-8(12)5-4-6-9(10)13/h4-6H,2-3,7,13H2,1H3. The Morgan fingerprint density at radius 3 is 2.87 bits per heavy atom. The average molecular weight is 211 g/mol. The van der Waals surface area contributed by atoms with E-state index in [0.717, 1.165) is 12.8 Å². The maximum absolute atomic E-state index is 13.2. The molecule has 0 amide bonds. The van der Waals surface area contributed by atoms with Crippen molar-refractivity contribution in [3.05, 3.63) is 29.6 Å². The van der Waals surface area contributed by atoms with Gasteiger partial charge < -0.3 is 10.5 Å². The molecule has 0 unspecified atom stereocenters. The summed E-state index contributed by atoms with van der Waals surface area (Å²) >= 11 is 0. The van der Waals surface area contributed by atoms with Crippen LogP contribution in [0.5, 0.6) is 0 Å². The third-order valence-electron chi connectivity index (χ3n) is 1.98. The number of anilines is 1. The van der Waals surface area contributed by atoms with Crippen LogP contribution in [0.1, 0.15) is 30.1 Å². The number of esters is 1. The van der Waals surface area contributed by atoms with Crippen LogP contribution in [0.3, 0.4) is 0 Å². The van der Waals surface area contributed by atoms with Gasteiger partial charge in [-0.25, -0.2) is 9.18 Å². The molecule has 0 heterocycles. The molecular weight excluding hydrogens is 197 g/mol. The predicted molar refractivity (Wildman–Crippen MR) is 56.0 cm³/mol. The Labute approximate surface area is 88.0 Å². The van der Waals surface area contributed by atoms with Gasteiger partial charge in [-0.1, -0.05) is 19.4 Å². The Bertz CT molecular complexity index is 332. The molecule has 0 radical (unpaired) electrons. The quantitative estimate of drug-likeness (QED) is 0.472. The molecule has 0 saturated carbocycles. The molecule has 3 nitrogen and oxygen atoms in total. The second kappa shape index (κ2) is 5.34. The van der Waals surface area contributed by atoms with Gasteiger partial charge >= 0.3 is 5.97 Å². The molecule has 0 aliphatic rings. The first-order chi connectivity index (χ1) is 7.16. The Hall–Kier alpha value is -1.58. The molecule has 1 aromatic carbocycles. The lowest BCUT2D eigenvalue weighted by Crippen LogP contribution is -2.11. The summed E-state index contributed by atoms with van der Waals surface area (Å²) in [6.07, 6.45) is 1.68. The van der Waals surface area contributed by atoms with Crippen molar-refractivity contribution in [3.63, 3.8) is 0 Å². The zero-order valence-corrected chi connectivity index (χ0v) is 8.63. The summed E-state index contributed by atoms with van der Waals surface area (Å²) in [4.78, 5) is 11.4. The third kappa shape index (κ3) is 2.94. The Kier molecular flexibility index (Phi) is 4.09. The first kappa shape index (κ1) is 11.5. The maximum Gasteiger partial charge on any atom is 0.343 e. The number of rotatable bonds is 4. The van der Waals surface area contributed by atoms with Crippen molar-refractivity contribution in [1.82, 2.24) is 0 Å². The van der Waals surface area contributed by atoms with E-state index in [4.69, 9.17) is 10.5 Å². The van der Waals surface area contributed by atoms with E-state index in [9.17, 15) is 9.18 Å². The van der Waals surface area contributed by atoms with Crippen LogP contribution in [0.15, 0.2) is 18.2 Å². The molecule has 0 aromatic heterocycles. The highest BCUT2D eigenvalue weighted by molar-refractivity contribution is 5.95. The van der Waals surface area contributed by atoms with Crippen molar-refractivity contribution in [2.75, 3.05) is 12.3 Å². The van der Waals surface area contributed by atoms with Crippen LogP contribution in [0.4, 0.5) is 10.1 Å². The normalized spacial score (nSPS) is 10.0. The Morgan fingerprint density at radius 1 is 1.53 bits per heavy atom. The molecule has 0 saturated heterocycles. The van der Waals surface area contributed by atoms with Crippen LogP contribution in [0.2, 0.25) is 0 Å². The summed E-state index contributed by atoms with van der Waals surface area (Å²) < 4.78 is 18.1. The zero-order chi connectivity index (χ0) is 11.3. The highest BCUT2D eigenvalue weighted by Crippen LogP contribution is 2.16. The summed E-state index contributed by atoms with van der Waals surface area (Å²) in [5.41, 5.74) is 5.42. The van der Waals surface area contributed by atoms with Gasteiger partial charge in [-0.15, -0.1) is 0 Å². The number of carbonyl (C=O) groups excluding carboxylic acids is 1. The van der Waals surface area contributed by atoms with E-state index in [-0.39, 0.29) is 11.3 Å². The van der Waals surface area contributed by atoms with Crippen LogP contribution in [0.25, 0.3) is 0 Å². The van der Waals surface area contributed by atoms with Gasteiger partial charge in [-0.2, -0.15) is 0 Å². The van der Waals surface area contributed by atoms with Crippen molar-refractivity contribution in [2.45, 2.75) is 19.8 Å². The zero-order valence-electron chi connectivity index (χ0n) is 8.63. The molecule has 2 N–H and O–H groups in total. The second-order valence-corrected chi connectivity index (χ2v) is 3.19. The predicted octanol–water partition coefficient (Wildman–Crippen LogP) is 2.36. The minimum atomic E-state index is -0.695. The van der Waals surface area contributed by atoms with Crippen LogP contribution in [-0.4, -0.2) is 12.6 Å². The fourth-order valence-electron chi connectivity index (χ4n) is 1.14. The van der Waals surface area contributed by atoms with E-state index in [0.29, 0.717) is 6.61 Å². The van der Waals surface area contributed by atoms with Gasteiger partial charge in [0.1, 0.15) is 11.4 Å². The molecule has 0 fully saturated rings. The van der Waals surface area contributed by atoms with E-state index in [1.165, 1.54) is 18.2 Å². The van der Waals surface area contributed by atoms with Crippen molar-refractivity contribution < 1.29 is 13.9 Å². The Balaban J connectivity index is 2.73. The average Bonchev–Trinajstić information content (AvgIpc) is 2.18. The van der Waals surface area contributed by atoms with Crippen LogP contribution >= 0.6 is 0 Å². The molecular formula is C11H14FNO2. The van der Waals surface area contributed by atoms with Gasteiger partial charge in [0.15, 0.2) is 0 Å². The van der Waals surface area contributed by atoms with Crippen molar-refractivity contribution in [1.29, 1.82) is 0 Å². The number of nitrogens with two attached hydrogens (primary N) is 1. The summed E-state index contributed by atoms with van der Waals surface area (Å²) in [5.74, 6) is -1.34. The minimum Gasteiger partial charge on any atom is -0.462 e. The lowest BCUT2D eigenvalue weighted by molar-refractivity contribution is 0.0496. The number of carbonyl (C=O) groups is 1. The first-order valence-corrected chi connectivity index (χ1v) is 4.88. The number of halogens is 1. The summed E-state index contributed by atoms with van der Waals surface area (Å²) in [6, 6.07) is 4.11. The molecule has 82 valence electrons. The molecule has 0 spiro atoms. The number of hydrogen-bond acceptors (Lipinski definition) is 3. The van der Waals surface area contributed by atoms with E-state index >= 15 is 0 Å². The summed E-state index contributed by atoms with van der Waals surface area (Å²) in [5, 5.41) is 0. The van der Waals surface area contributed by atoms with E-state index in [1.54, 1.807) is 0 Å². The van der Waals surface area contributed by atoms with Gasteiger partial charge in [0.05, 0.1) is 6.61 Å². The lowest BCUT2D eigenvalue weighted by atomic mass is 10.2. The number of nitrogen functional groups attached to an aromatic ring is 1. The Morgan fingerprint density at radius 2 is 2.27 bits per heavy atom. The highest BCUT2D eigenvalue weighted by atomic mass is 19.1. The number of benzene rings is 1. The van der Waals surface area contributed by atoms with Gasteiger partial charge in [-0.3, -0.25) is 0 Å². The van der Waals surface area contributed by atoms with Crippen LogP contribution in [-0.2, 0) is 4.74 Å². The summed E-state index contributed by atoms with van der Waals surface area (Å²) in [7, 11) is 0. The topological polar surface area (TPSA) is 52.3 Å². The van der Waals surface area contributed by atoms with Crippen LogP contribution < -0.4 is 5.73 Å². The van der Waals surface area contributed by atoms with Crippen LogP contribution in [0, 0.1) is 5.82 Å². The molecule has 1 rings (SSSR count). The molecule has 1 aromatic rings. The molecule has 15 heavy (non-hydrogen) atoms. The third-order valence-corrected chi connectivity index (χ3v) is 1.98. The highest BCUT2D eigenvalue weighted by Gasteiger charge is 2.15. The molecule has 0 aliphatic carbocycles. The fraction of sp³-hybridized carbons (Fsp3) is 0.364. The monoisotopic (exact) mass is 211 g/mol. The molecule has 0 aliphatic heterocycles. The van der Waals surface area contributed by atoms with Crippen molar-refractivity contribution in [2.24, 2.45) is 0 Å². The number of hydrogen-bond donors (Lipinski definition) is 1.